The van der Waals surface area contributed by atoms with E-state index in [0.29, 0.717) is 17.0 Å². The number of anilines is 1. The van der Waals surface area contributed by atoms with Crippen LogP contribution in [-0.4, -0.2) is 40.2 Å². The summed E-state index contributed by atoms with van der Waals surface area (Å²) in [4.78, 5) is 12.5. The Kier molecular flexibility index (Phi) is 5.73. The molecule has 0 radical (unpaired) electrons. The Morgan fingerprint density at radius 1 is 1.00 bits per heavy atom. The SMILES string of the molecule is COc1cc(OC)c(C(=O)Nc2ccc(S(=O)(=O)O)c(C)c2)c(OC)c1. The number of hydrogen-bond donors (Lipinski definition) is 2. The van der Waals surface area contributed by atoms with Crippen molar-refractivity contribution in [1.82, 2.24) is 0 Å². The molecule has 0 atom stereocenters. The minimum absolute atomic E-state index is 0.160. The van der Waals surface area contributed by atoms with E-state index in [1.54, 1.807) is 12.1 Å². The van der Waals surface area contributed by atoms with Crippen LogP contribution in [0.4, 0.5) is 5.69 Å². The molecule has 0 spiro atoms. The molecule has 0 heterocycles. The maximum absolute atomic E-state index is 12.7. The molecule has 26 heavy (non-hydrogen) atoms. The predicted molar refractivity (Wildman–Crippen MR) is 95.0 cm³/mol. The van der Waals surface area contributed by atoms with Crippen molar-refractivity contribution >= 4 is 21.7 Å². The van der Waals surface area contributed by atoms with Gasteiger partial charge in [-0.2, -0.15) is 8.42 Å². The molecule has 140 valence electrons. The minimum atomic E-state index is -4.33. The lowest BCUT2D eigenvalue weighted by Crippen LogP contribution is -2.15. The van der Waals surface area contributed by atoms with Gasteiger partial charge in [0.25, 0.3) is 16.0 Å². The Hall–Kier alpha value is -2.78. The summed E-state index contributed by atoms with van der Waals surface area (Å²) in [6.07, 6.45) is 0. The van der Waals surface area contributed by atoms with E-state index < -0.39 is 16.0 Å². The van der Waals surface area contributed by atoms with E-state index in [1.807, 2.05) is 0 Å². The smallest absolute Gasteiger partial charge is 0.294 e. The van der Waals surface area contributed by atoms with Crippen LogP contribution in [0.5, 0.6) is 17.2 Å². The van der Waals surface area contributed by atoms with Crippen LogP contribution in [-0.2, 0) is 10.1 Å². The van der Waals surface area contributed by atoms with Gasteiger partial charge in [0.1, 0.15) is 22.8 Å². The van der Waals surface area contributed by atoms with Crippen LogP contribution in [0.3, 0.4) is 0 Å². The molecule has 0 fully saturated rings. The van der Waals surface area contributed by atoms with Crippen LogP contribution in [0.1, 0.15) is 15.9 Å². The largest absolute Gasteiger partial charge is 0.496 e. The van der Waals surface area contributed by atoms with E-state index >= 15 is 0 Å². The van der Waals surface area contributed by atoms with E-state index in [1.165, 1.54) is 46.5 Å². The Morgan fingerprint density at radius 3 is 2.00 bits per heavy atom. The lowest BCUT2D eigenvalue weighted by Gasteiger charge is -2.15. The molecule has 0 aromatic heterocycles. The van der Waals surface area contributed by atoms with Gasteiger partial charge in [-0.25, -0.2) is 0 Å². The van der Waals surface area contributed by atoms with E-state index in [2.05, 4.69) is 5.32 Å². The van der Waals surface area contributed by atoms with E-state index in [-0.39, 0.29) is 22.0 Å². The fraction of sp³-hybridized carbons (Fsp3) is 0.235. The Morgan fingerprint density at radius 2 is 1.58 bits per heavy atom. The predicted octanol–water partition coefficient (Wildman–Crippen LogP) is 2.52. The summed E-state index contributed by atoms with van der Waals surface area (Å²) in [7, 11) is -0.0214. The third kappa shape index (κ3) is 4.06. The summed E-state index contributed by atoms with van der Waals surface area (Å²) in [5, 5.41) is 2.65. The molecule has 2 aromatic rings. The molecular formula is C17H19NO7S. The first kappa shape index (κ1) is 19.5. The van der Waals surface area contributed by atoms with Crippen LogP contribution in [0.25, 0.3) is 0 Å². The zero-order chi connectivity index (χ0) is 19.5. The van der Waals surface area contributed by atoms with Gasteiger partial charge in [0, 0.05) is 17.8 Å². The second kappa shape index (κ2) is 7.63. The average Bonchev–Trinajstić information content (AvgIpc) is 2.59. The fourth-order valence-corrected chi connectivity index (χ4v) is 3.15. The number of amides is 1. The van der Waals surface area contributed by atoms with Crippen LogP contribution in [0, 0.1) is 6.92 Å². The van der Waals surface area contributed by atoms with Gasteiger partial charge < -0.3 is 19.5 Å². The second-order valence-electron chi connectivity index (χ2n) is 5.32. The molecule has 0 bridgehead atoms. The standard InChI is InChI=1S/C17H19NO7S/c1-10-7-11(5-6-15(10)26(20,21)22)18-17(19)16-13(24-3)8-12(23-2)9-14(16)25-4/h5-9H,1-4H3,(H,18,19)(H,20,21,22). The number of hydrogen-bond acceptors (Lipinski definition) is 6. The lowest BCUT2D eigenvalue weighted by molar-refractivity contribution is 0.102. The van der Waals surface area contributed by atoms with Gasteiger partial charge in [0.2, 0.25) is 0 Å². The van der Waals surface area contributed by atoms with Crippen molar-refractivity contribution in [3.05, 3.63) is 41.5 Å². The van der Waals surface area contributed by atoms with Gasteiger partial charge in [0.15, 0.2) is 0 Å². The maximum Gasteiger partial charge on any atom is 0.294 e. The summed E-state index contributed by atoms with van der Waals surface area (Å²) >= 11 is 0. The molecule has 2 rings (SSSR count). The first-order valence-corrected chi connectivity index (χ1v) is 8.84. The highest BCUT2D eigenvalue weighted by Gasteiger charge is 2.21. The first-order chi connectivity index (χ1) is 12.2. The molecule has 0 aliphatic carbocycles. The highest BCUT2D eigenvalue weighted by molar-refractivity contribution is 7.85. The number of methoxy groups -OCH3 is 3. The van der Waals surface area contributed by atoms with Crippen molar-refractivity contribution in [1.29, 1.82) is 0 Å². The molecule has 1 amide bonds. The average molecular weight is 381 g/mol. The monoisotopic (exact) mass is 381 g/mol. The molecule has 0 aliphatic rings. The molecule has 0 saturated heterocycles. The molecule has 0 unspecified atom stereocenters. The van der Waals surface area contributed by atoms with Crippen LogP contribution >= 0.6 is 0 Å². The summed E-state index contributed by atoms with van der Waals surface area (Å²) in [5.74, 6) is 0.457. The third-order valence-corrected chi connectivity index (χ3v) is 4.67. The molecule has 2 N–H and O–H groups in total. The number of aryl methyl sites for hydroxylation is 1. The number of rotatable bonds is 6. The number of benzene rings is 2. The Labute approximate surface area is 151 Å². The normalized spacial score (nSPS) is 11.0. The number of ether oxygens (including phenoxy) is 3. The number of carbonyl (C=O) groups is 1. The molecule has 0 saturated carbocycles. The lowest BCUT2D eigenvalue weighted by atomic mass is 10.1. The zero-order valence-electron chi connectivity index (χ0n) is 14.7. The highest BCUT2D eigenvalue weighted by Crippen LogP contribution is 2.34. The van der Waals surface area contributed by atoms with Crippen molar-refractivity contribution < 1.29 is 32.0 Å². The minimum Gasteiger partial charge on any atom is -0.496 e. The van der Waals surface area contributed by atoms with Crippen molar-refractivity contribution in [2.75, 3.05) is 26.6 Å². The van der Waals surface area contributed by atoms with E-state index in [0.717, 1.165) is 0 Å². The summed E-state index contributed by atoms with van der Waals surface area (Å²) < 4.78 is 47.3. The van der Waals surface area contributed by atoms with E-state index in [9.17, 15) is 13.2 Å². The zero-order valence-corrected chi connectivity index (χ0v) is 15.5. The Balaban J connectivity index is 2.40. The number of carbonyl (C=O) groups excluding carboxylic acids is 1. The first-order valence-electron chi connectivity index (χ1n) is 7.40. The van der Waals surface area contributed by atoms with Crippen molar-refractivity contribution in [2.45, 2.75) is 11.8 Å². The molecule has 0 aliphatic heterocycles. The van der Waals surface area contributed by atoms with Crippen molar-refractivity contribution in [3.8, 4) is 17.2 Å². The van der Waals surface area contributed by atoms with Gasteiger partial charge >= 0.3 is 0 Å². The quantitative estimate of drug-likeness (QED) is 0.740. The third-order valence-electron chi connectivity index (χ3n) is 3.65. The van der Waals surface area contributed by atoms with Crippen LogP contribution in [0.2, 0.25) is 0 Å². The summed E-state index contributed by atoms with van der Waals surface area (Å²) in [5.41, 5.74) is 0.797. The molecular weight excluding hydrogens is 362 g/mol. The van der Waals surface area contributed by atoms with Crippen molar-refractivity contribution in [2.24, 2.45) is 0 Å². The summed E-state index contributed by atoms with van der Waals surface area (Å²) in [6.45, 7) is 1.51. The summed E-state index contributed by atoms with van der Waals surface area (Å²) in [6, 6.07) is 7.11. The van der Waals surface area contributed by atoms with Crippen LogP contribution in [0.15, 0.2) is 35.2 Å². The number of nitrogens with one attached hydrogen (secondary N) is 1. The molecule has 2 aromatic carbocycles. The van der Waals surface area contributed by atoms with E-state index in [4.69, 9.17) is 18.8 Å². The van der Waals surface area contributed by atoms with Crippen LogP contribution < -0.4 is 19.5 Å². The van der Waals surface area contributed by atoms with Gasteiger partial charge in [-0.3, -0.25) is 9.35 Å². The van der Waals surface area contributed by atoms with Gasteiger partial charge in [0.05, 0.1) is 26.2 Å². The molecule has 9 heteroatoms. The second-order valence-corrected chi connectivity index (χ2v) is 6.71. The maximum atomic E-state index is 12.7. The van der Waals surface area contributed by atoms with Gasteiger partial charge in [-0.05, 0) is 30.7 Å². The fourth-order valence-electron chi connectivity index (χ4n) is 2.44. The van der Waals surface area contributed by atoms with Gasteiger partial charge in [-0.15, -0.1) is 0 Å². The van der Waals surface area contributed by atoms with Gasteiger partial charge in [-0.1, -0.05) is 0 Å². The topological polar surface area (TPSA) is 111 Å². The highest BCUT2D eigenvalue weighted by atomic mass is 32.2. The van der Waals surface area contributed by atoms with Crippen molar-refractivity contribution in [3.63, 3.8) is 0 Å². The molecule has 8 nitrogen and oxygen atoms in total. The Bertz CT molecular complexity index is 913.